The quantitative estimate of drug-likeness (QED) is 0.244. The molecule has 0 aliphatic carbocycles. The second-order valence-electron chi connectivity index (χ2n) is 9.25. The van der Waals surface area contributed by atoms with E-state index in [9.17, 15) is 14.4 Å². The van der Waals surface area contributed by atoms with Crippen LogP contribution in [0.1, 0.15) is 59.0 Å². The molecule has 0 fully saturated rings. The number of nitrogens with zero attached hydrogens (tertiary/aromatic N) is 1. The van der Waals surface area contributed by atoms with Crippen LogP contribution in [0.2, 0.25) is 0 Å². The zero-order chi connectivity index (χ0) is 25.5. The van der Waals surface area contributed by atoms with E-state index < -0.39 is 29.4 Å². The molecule has 34 heavy (non-hydrogen) atoms. The number of rotatable bonds is 4. The topological polar surface area (TPSA) is 131 Å². The molecule has 2 aromatic rings. The molecule has 0 bridgehead atoms. The average molecular weight is 473 g/mol. The normalized spacial score (nSPS) is 12.0. The van der Waals surface area contributed by atoms with E-state index in [4.69, 9.17) is 14.2 Å². The summed E-state index contributed by atoms with van der Waals surface area (Å²) in [5.41, 5.74) is 0.153. The van der Waals surface area contributed by atoms with Crippen LogP contribution in [0.5, 0.6) is 0 Å². The Morgan fingerprint density at radius 3 is 2.15 bits per heavy atom. The summed E-state index contributed by atoms with van der Waals surface area (Å²) in [4.78, 5) is 44.1. The zero-order valence-electron chi connectivity index (χ0n) is 20.6. The van der Waals surface area contributed by atoms with Gasteiger partial charge < -0.3 is 24.5 Å². The number of hydrogen-bond donors (Lipinski definition) is 3. The minimum atomic E-state index is -0.942. The van der Waals surface area contributed by atoms with Gasteiger partial charge in [-0.15, -0.1) is 4.99 Å². The number of amides is 2. The summed E-state index contributed by atoms with van der Waals surface area (Å²) in [6.07, 6.45) is -1.79. The molecule has 0 unspecified atom stereocenters. The monoisotopic (exact) mass is 472 g/mol. The summed E-state index contributed by atoms with van der Waals surface area (Å²) < 4.78 is 15.6. The number of hydrogen-bond acceptors (Lipinski definition) is 6. The van der Waals surface area contributed by atoms with E-state index in [1.54, 1.807) is 54.5 Å². The lowest BCUT2D eigenvalue weighted by Gasteiger charge is -2.21. The van der Waals surface area contributed by atoms with Gasteiger partial charge in [0.2, 0.25) is 5.96 Å². The molecule has 1 heterocycles. The van der Waals surface area contributed by atoms with Crippen LogP contribution in [0, 0.1) is 0 Å². The molecule has 0 atom stereocenters. The van der Waals surface area contributed by atoms with Crippen molar-refractivity contribution in [2.45, 2.75) is 59.7 Å². The second-order valence-corrected chi connectivity index (χ2v) is 9.25. The number of anilines is 1. The van der Waals surface area contributed by atoms with E-state index in [1.807, 2.05) is 30.3 Å². The van der Waals surface area contributed by atoms with Gasteiger partial charge in [-0.25, -0.2) is 14.4 Å². The number of benzene rings is 1. The van der Waals surface area contributed by atoms with Crippen molar-refractivity contribution in [2.75, 3.05) is 11.9 Å². The highest BCUT2D eigenvalue weighted by molar-refractivity contribution is 6.09. The molecule has 10 heteroatoms. The number of nitrogens with one attached hydrogen (secondary N) is 3. The van der Waals surface area contributed by atoms with E-state index in [-0.39, 0.29) is 23.9 Å². The van der Waals surface area contributed by atoms with Crippen molar-refractivity contribution in [3.63, 3.8) is 0 Å². The van der Waals surface area contributed by atoms with E-state index in [0.29, 0.717) is 5.69 Å². The molecule has 0 aliphatic heterocycles. The third-order valence-corrected chi connectivity index (χ3v) is 3.85. The Kier molecular flexibility index (Phi) is 8.45. The number of carbonyl (C=O) groups excluding carboxylic acids is 3. The molecule has 184 valence electrons. The van der Waals surface area contributed by atoms with Crippen molar-refractivity contribution < 1.29 is 28.6 Å². The molecule has 0 aliphatic rings. The summed E-state index contributed by atoms with van der Waals surface area (Å²) in [5.74, 6) is -0.909. The van der Waals surface area contributed by atoms with Crippen molar-refractivity contribution in [3.05, 3.63) is 42.1 Å². The molecule has 1 aromatic carbocycles. The Bertz CT molecular complexity index is 1050. The maximum Gasteiger partial charge on any atom is 0.437 e. The third-order valence-electron chi connectivity index (χ3n) is 3.85. The van der Waals surface area contributed by atoms with Gasteiger partial charge in [0.1, 0.15) is 16.9 Å². The highest BCUT2D eigenvalue weighted by Crippen LogP contribution is 2.26. The third kappa shape index (κ3) is 8.61. The Morgan fingerprint density at radius 1 is 0.971 bits per heavy atom. The van der Waals surface area contributed by atoms with Gasteiger partial charge in [-0.05, 0) is 60.1 Å². The van der Waals surface area contributed by atoms with Crippen molar-refractivity contribution in [2.24, 2.45) is 4.99 Å². The van der Waals surface area contributed by atoms with E-state index in [0.717, 1.165) is 5.56 Å². The fourth-order valence-corrected chi connectivity index (χ4v) is 2.68. The molecule has 0 saturated carbocycles. The number of aromatic amines is 1. The van der Waals surface area contributed by atoms with Crippen molar-refractivity contribution in [1.29, 1.82) is 0 Å². The molecule has 0 spiro atoms. The summed E-state index contributed by atoms with van der Waals surface area (Å²) >= 11 is 0. The molecular formula is C24H32N4O6. The smallest absolute Gasteiger partial charge is 0.437 e. The van der Waals surface area contributed by atoms with Crippen LogP contribution in [-0.4, -0.2) is 46.9 Å². The Balaban J connectivity index is 2.44. The number of H-pyrrole nitrogens is 1. The van der Waals surface area contributed by atoms with Gasteiger partial charge in [0.15, 0.2) is 0 Å². The van der Waals surface area contributed by atoms with Crippen LogP contribution in [-0.2, 0) is 14.2 Å². The van der Waals surface area contributed by atoms with E-state index in [2.05, 4.69) is 20.6 Å². The molecular weight excluding hydrogens is 440 g/mol. The summed E-state index contributed by atoms with van der Waals surface area (Å²) in [7, 11) is 0. The predicted molar refractivity (Wildman–Crippen MR) is 129 cm³/mol. The number of esters is 1. The largest absolute Gasteiger partial charge is 0.461 e. The maximum atomic E-state index is 12.6. The van der Waals surface area contributed by atoms with Crippen molar-refractivity contribution in [3.8, 4) is 11.3 Å². The van der Waals surface area contributed by atoms with Gasteiger partial charge in [-0.1, -0.05) is 30.3 Å². The maximum absolute atomic E-state index is 12.6. The number of ether oxygens (including phenoxy) is 3. The lowest BCUT2D eigenvalue weighted by Crippen LogP contribution is -2.40. The highest BCUT2D eigenvalue weighted by Gasteiger charge is 2.23. The van der Waals surface area contributed by atoms with Gasteiger partial charge in [0, 0.05) is 5.69 Å². The molecule has 10 nitrogen and oxygen atoms in total. The average Bonchev–Trinajstić information content (AvgIpc) is 3.09. The first kappa shape index (κ1) is 26.4. The zero-order valence-corrected chi connectivity index (χ0v) is 20.6. The van der Waals surface area contributed by atoms with Crippen LogP contribution >= 0.6 is 0 Å². The first-order valence-corrected chi connectivity index (χ1v) is 10.8. The number of alkyl carbamates (subject to hydrolysis) is 1. The summed E-state index contributed by atoms with van der Waals surface area (Å²) in [5, 5.41) is 5.21. The van der Waals surface area contributed by atoms with Crippen LogP contribution in [0.25, 0.3) is 11.3 Å². The molecule has 0 saturated heterocycles. The molecule has 2 rings (SSSR count). The Labute approximate surface area is 199 Å². The highest BCUT2D eigenvalue weighted by atomic mass is 16.6. The van der Waals surface area contributed by atoms with Gasteiger partial charge in [0.25, 0.3) is 0 Å². The fourth-order valence-electron chi connectivity index (χ4n) is 2.68. The Morgan fingerprint density at radius 2 is 1.59 bits per heavy atom. The van der Waals surface area contributed by atoms with Gasteiger partial charge in [0.05, 0.1) is 12.3 Å². The minimum Gasteiger partial charge on any atom is -0.461 e. The number of aliphatic imine (C=N–C) groups is 1. The predicted octanol–water partition coefficient (Wildman–Crippen LogP) is 5.09. The molecule has 3 N–H and O–H groups in total. The Hall–Kier alpha value is -3.82. The van der Waals surface area contributed by atoms with E-state index in [1.165, 1.54) is 0 Å². The minimum absolute atomic E-state index is 0.0866. The molecule has 2 amide bonds. The fraction of sp³-hybridized carbons (Fsp3) is 0.417. The number of aromatic nitrogens is 1. The molecule has 1 aromatic heterocycles. The van der Waals surface area contributed by atoms with Crippen molar-refractivity contribution >= 4 is 29.8 Å². The SMILES string of the molecule is CCOC(=O)c1[nH]c(-c2ccccc2)cc1NC(=NC(=O)OC(C)(C)C)NC(=O)OC(C)(C)C. The van der Waals surface area contributed by atoms with E-state index >= 15 is 0 Å². The number of guanidine groups is 1. The van der Waals surface area contributed by atoms with Crippen molar-refractivity contribution in [1.82, 2.24) is 10.3 Å². The van der Waals surface area contributed by atoms with Crippen LogP contribution in [0.3, 0.4) is 0 Å². The summed E-state index contributed by atoms with van der Waals surface area (Å²) in [6.45, 7) is 12.0. The number of carbonyl (C=O) groups is 3. The van der Waals surface area contributed by atoms with Gasteiger partial charge in [-0.2, -0.15) is 0 Å². The standard InChI is InChI=1S/C24H32N4O6/c1-8-32-19(29)18-17(14-16(25-18)15-12-10-9-11-13-15)26-20(27-21(30)33-23(2,3)4)28-22(31)34-24(5,6)7/h9-14,25H,8H2,1-7H3,(H2,26,27,28,30,31). The molecule has 0 radical (unpaired) electrons. The summed E-state index contributed by atoms with van der Waals surface area (Å²) in [6, 6.07) is 10.9. The lowest BCUT2D eigenvalue weighted by atomic mass is 10.1. The van der Waals surface area contributed by atoms with Gasteiger partial charge >= 0.3 is 18.2 Å². The second kappa shape index (κ2) is 10.9. The van der Waals surface area contributed by atoms with Gasteiger partial charge in [-0.3, -0.25) is 5.32 Å². The van der Waals surface area contributed by atoms with Crippen LogP contribution < -0.4 is 10.6 Å². The first-order valence-electron chi connectivity index (χ1n) is 10.8. The van der Waals surface area contributed by atoms with Crippen LogP contribution in [0.4, 0.5) is 15.3 Å². The van der Waals surface area contributed by atoms with Crippen LogP contribution in [0.15, 0.2) is 41.4 Å². The first-order chi connectivity index (χ1) is 15.8. The lowest BCUT2D eigenvalue weighted by molar-refractivity contribution is 0.0518.